The summed E-state index contributed by atoms with van der Waals surface area (Å²) in [5.41, 5.74) is 0. The Balaban J connectivity index is 1.79. The highest BCUT2D eigenvalue weighted by molar-refractivity contribution is 7.12. The predicted molar refractivity (Wildman–Crippen MR) is 74.0 cm³/mol. The lowest BCUT2D eigenvalue weighted by atomic mass is 9.90. The van der Waals surface area contributed by atoms with Gasteiger partial charge in [-0.1, -0.05) is 12.8 Å². The molecule has 2 atom stereocenters. The summed E-state index contributed by atoms with van der Waals surface area (Å²) in [4.78, 5) is 14.7. The third kappa shape index (κ3) is 3.03. The van der Waals surface area contributed by atoms with Crippen LogP contribution in [0.3, 0.4) is 0 Å². The number of rotatable bonds is 3. The van der Waals surface area contributed by atoms with E-state index in [1.165, 1.54) is 6.07 Å². The molecule has 21 heavy (non-hydrogen) atoms. The zero-order valence-corrected chi connectivity index (χ0v) is 12.3. The van der Waals surface area contributed by atoms with Crippen LogP contribution in [0.5, 0.6) is 5.75 Å². The van der Waals surface area contributed by atoms with Gasteiger partial charge in [0.1, 0.15) is 10.6 Å². The van der Waals surface area contributed by atoms with Crippen molar-refractivity contribution in [3.8, 4) is 5.75 Å². The molecule has 2 heterocycles. The third-order valence-corrected chi connectivity index (χ3v) is 4.92. The van der Waals surface area contributed by atoms with E-state index in [0.717, 1.165) is 37.0 Å². The van der Waals surface area contributed by atoms with Crippen molar-refractivity contribution >= 4 is 17.2 Å². The van der Waals surface area contributed by atoms with Crippen molar-refractivity contribution in [2.45, 2.75) is 44.4 Å². The van der Waals surface area contributed by atoms with Crippen molar-refractivity contribution in [1.82, 2.24) is 4.90 Å². The number of halogens is 2. The predicted octanol–water partition coefficient (Wildman–Crippen LogP) is 3.13. The molecule has 1 saturated heterocycles. The zero-order chi connectivity index (χ0) is 14.8. The molecule has 0 bridgehead atoms. The first-order valence-corrected chi connectivity index (χ1v) is 7.99. The van der Waals surface area contributed by atoms with Gasteiger partial charge in [0, 0.05) is 6.54 Å². The average molecular weight is 317 g/mol. The molecule has 2 fully saturated rings. The van der Waals surface area contributed by atoms with Gasteiger partial charge < -0.3 is 14.4 Å². The Hall–Kier alpha value is -1.21. The first-order chi connectivity index (χ1) is 10.2. The Morgan fingerprint density at radius 3 is 3.05 bits per heavy atom. The number of ether oxygens (including phenoxy) is 2. The summed E-state index contributed by atoms with van der Waals surface area (Å²) in [6, 6.07) is 1.48. The Morgan fingerprint density at radius 2 is 2.24 bits per heavy atom. The maximum atomic E-state index is 12.7. The van der Waals surface area contributed by atoms with Crippen molar-refractivity contribution in [1.29, 1.82) is 0 Å². The average Bonchev–Trinajstić information content (AvgIpc) is 2.93. The second-order valence-corrected chi connectivity index (χ2v) is 6.17. The topological polar surface area (TPSA) is 38.8 Å². The molecule has 3 rings (SSSR count). The fraction of sp³-hybridized carbons (Fsp3) is 0.643. The lowest BCUT2D eigenvalue weighted by molar-refractivity contribution is -0.0757. The normalized spacial score (nSPS) is 25.8. The summed E-state index contributed by atoms with van der Waals surface area (Å²) in [5, 5.41) is 1.60. The van der Waals surface area contributed by atoms with Crippen molar-refractivity contribution in [2.24, 2.45) is 0 Å². The van der Waals surface area contributed by atoms with Gasteiger partial charge in [0.15, 0.2) is 0 Å². The summed E-state index contributed by atoms with van der Waals surface area (Å²) in [6.45, 7) is -1.91. The van der Waals surface area contributed by atoms with Gasteiger partial charge in [-0.15, -0.1) is 11.3 Å². The minimum atomic E-state index is -2.92. The van der Waals surface area contributed by atoms with Gasteiger partial charge in [-0.2, -0.15) is 8.78 Å². The van der Waals surface area contributed by atoms with Crippen LogP contribution in [0.25, 0.3) is 0 Å². The van der Waals surface area contributed by atoms with E-state index in [1.54, 1.807) is 10.3 Å². The van der Waals surface area contributed by atoms with Crippen LogP contribution >= 0.6 is 11.3 Å². The Morgan fingerprint density at radius 1 is 1.43 bits per heavy atom. The minimum Gasteiger partial charge on any atom is -0.433 e. The number of morpholine rings is 1. The van der Waals surface area contributed by atoms with Crippen LogP contribution in [0.2, 0.25) is 0 Å². The Bertz CT molecular complexity index is 506. The summed E-state index contributed by atoms with van der Waals surface area (Å²) < 4.78 is 34.9. The molecule has 1 aliphatic carbocycles. The number of carbonyl (C=O) groups is 1. The Kier molecular flexibility index (Phi) is 4.40. The van der Waals surface area contributed by atoms with E-state index in [0.29, 0.717) is 13.2 Å². The van der Waals surface area contributed by atoms with Gasteiger partial charge in [0.25, 0.3) is 5.91 Å². The monoisotopic (exact) mass is 317 g/mol. The largest absolute Gasteiger partial charge is 0.433 e. The molecule has 0 spiro atoms. The highest BCUT2D eigenvalue weighted by atomic mass is 32.1. The van der Waals surface area contributed by atoms with Gasteiger partial charge in [0.2, 0.25) is 0 Å². The molecule has 0 N–H and O–H groups in total. The van der Waals surface area contributed by atoms with Crippen LogP contribution in [0.15, 0.2) is 11.4 Å². The molecule has 4 nitrogen and oxygen atoms in total. The molecule has 2 aliphatic rings. The van der Waals surface area contributed by atoms with Crippen molar-refractivity contribution < 1.29 is 23.0 Å². The van der Waals surface area contributed by atoms with Gasteiger partial charge in [-0.25, -0.2) is 0 Å². The van der Waals surface area contributed by atoms with Crippen LogP contribution in [0.1, 0.15) is 35.4 Å². The van der Waals surface area contributed by atoms with E-state index in [2.05, 4.69) is 4.74 Å². The maximum Gasteiger partial charge on any atom is 0.387 e. The molecule has 7 heteroatoms. The number of hydrogen-bond donors (Lipinski definition) is 0. The van der Waals surface area contributed by atoms with Crippen LogP contribution in [-0.4, -0.2) is 42.7 Å². The summed E-state index contributed by atoms with van der Waals surface area (Å²) in [5.74, 6) is -0.250. The number of alkyl halides is 2. The smallest absolute Gasteiger partial charge is 0.387 e. The molecule has 1 aliphatic heterocycles. The van der Waals surface area contributed by atoms with Crippen molar-refractivity contribution in [2.75, 3.05) is 13.2 Å². The molecular weight excluding hydrogens is 300 g/mol. The van der Waals surface area contributed by atoms with E-state index in [4.69, 9.17) is 4.74 Å². The number of amides is 1. The summed E-state index contributed by atoms with van der Waals surface area (Å²) >= 11 is 1.14. The maximum absolute atomic E-state index is 12.7. The van der Waals surface area contributed by atoms with Gasteiger partial charge in [0.05, 0.1) is 18.8 Å². The Labute approximate surface area is 125 Å². The van der Waals surface area contributed by atoms with E-state index in [9.17, 15) is 13.6 Å². The number of fused-ring (bicyclic) bond motifs is 1. The molecular formula is C14H17F2NO3S. The third-order valence-electron chi connectivity index (χ3n) is 4.03. The van der Waals surface area contributed by atoms with Crippen molar-refractivity contribution in [3.05, 3.63) is 16.3 Å². The van der Waals surface area contributed by atoms with Crippen LogP contribution < -0.4 is 4.74 Å². The molecule has 0 radical (unpaired) electrons. The molecule has 116 valence electrons. The molecule has 1 aromatic rings. The number of thiophene rings is 1. The summed E-state index contributed by atoms with van der Waals surface area (Å²) in [7, 11) is 0. The van der Waals surface area contributed by atoms with E-state index in [-0.39, 0.29) is 28.7 Å². The lowest BCUT2D eigenvalue weighted by Crippen LogP contribution is -2.54. The molecule has 1 saturated carbocycles. The highest BCUT2D eigenvalue weighted by Gasteiger charge is 2.38. The standard InChI is InChI=1S/C14H17F2NO3S/c15-14(16)20-11-5-8-21-12(11)13(18)17-6-7-19-10-4-2-1-3-9(10)17/h5,8-10,14H,1-4,6-7H2/t9-,10+/m1/s1. The first kappa shape index (κ1) is 14.7. The van der Waals surface area contributed by atoms with Crippen LogP contribution in [0, 0.1) is 0 Å². The lowest BCUT2D eigenvalue weighted by Gasteiger charge is -2.43. The highest BCUT2D eigenvalue weighted by Crippen LogP contribution is 2.33. The zero-order valence-electron chi connectivity index (χ0n) is 11.5. The number of carbonyl (C=O) groups excluding carboxylic acids is 1. The molecule has 0 unspecified atom stereocenters. The van der Waals surface area contributed by atoms with E-state index < -0.39 is 6.61 Å². The SMILES string of the molecule is O=C(c1sccc1OC(F)F)N1CCO[C@H]2CCCC[C@H]21. The van der Waals surface area contributed by atoms with E-state index in [1.807, 2.05) is 0 Å². The molecule has 1 amide bonds. The quantitative estimate of drug-likeness (QED) is 0.860. The second kappa shape index (κ2) is 6.27. The molecule has 0 aromatic carbocycles. The van der Waals surface area contributed by atoms with Gasteiger partial charge in [-0.3, -0.25) is 4.79 Å². The first-order valence-electron chi connectivity index (χ1n) is 7.11. The minimum absolute atomic E-state index is 0.0288. The fourth-order valence-corrected chi connectivity index (χ4v) is 3.90. The number of hydrogen-bond acceptors (Lipinski definition) is 4. The molecule has 1 aromatic heterocycles. The van der Waals surface area contributed by atoms with Crippen LogP contribution in [0.4, 0.5) is 8.78 Å². The van der Waals surface area contributed by atoms with Crippen molar-refractivity contribution in [3.63, 3.8) is 0 Å². The van der Waals surface area contributed by atoms with Gasteiger partial charge >= 0.3 is 6.61 Å². The van der Waals surface area contributed by atoms with Gasteiger partial charge in [-0.05, 0) is 24.3 Å². The van der Waals surface area contributed by atoms with E-state index >= 15 is 0 Å². The summed E-state index contributed by atoms with van der Waals surface area (Å²) in [6.07, 6.45) is 4.13. The fourth-order valence-electron chi connectivity index (χ4n) is 3.12. The van der Waals surface area contributed by atoms with Crippen LogP contribution in [-0.2, 0) is 4.74 Å². The number of nitrogens with zero attached hydrogens (tertiary/aromatic N) is 1. The second-order valence-electron chi connectivity index (χ2n) is 5.25.